The van der Waals surface area contributed by atoms with Gasteiger partial charge in [-0.1, -0.05) is 18.2 Å². The summed E-state index contributed by atoms with van der Waals surface area (Å²) in [6.45, 7) is 0.451. The van der Waals surface area contributed by atoms with Crippen LogP contribution in [0.25, 0.3) is 11.1 Å². The van der Waals surface area contributed by atoms with Crippen LogP contribution in [0.2, 0.25) is 0 Å². The molecular weight excluding hydrogens is 542 g/mol. The summed E-state index contributed by atoms with van der Waals surface area (Å²) in [4.78, 5) is 35.4. The van der Waals surface area contributed by atoms with Gasteiger partial charge in [0, 0.05) is 30.0 Å². The predicted molar refractivity (Wildman–Crippen MR) is 152 cm³/mol. The molecule has 1 amide bonds. The second-order valence-electron chi connectivity index (χ2n) is 10.3. The second kappa shape index (κ2) is 13.3. The molecule has 1 saturated carbocycles. The monoisotopic (exact) mass is 575 g/mol. The number of fused-ring (bicyclic) bond motifs is 1. The van der Waals surface area contributed by atoms with E-state index in [1.165, 1.54) is 0 Å². The molecule has 10 nitrogen and oxygen atoms in total. The van der Waals surface area contributed by atoms with E-state index >= 15 is 0 Å². The SMILES string of the molecule is O=C(O)CCCOc1cccc(COc2cc(C(=O)NC3CCC3)cc(-c3ccc4c(c3)OCO4)c2)c1CCC(=O)O. The van der Waals surface area contributed by atoms with Crippen molar-refractivity contribution >= 4 is 17.8 Å². The summed E-state index contributed by atoms with van der Waals surface area (Å²) in [5, 5.41) is 21.3. The van der Waals surface area contributed by atoms with Gasteiger partial charge in [-0.15, -0.1) is 0 Å². The van der Waals surface area contributed by atoms with E-state index < -0.39 is 11.9 Å². The minimum absolute atomic E-state index is 0.0242. The number of hydrogen-bond donors (Lipinski definition) is 3. The number of carboxylic acid groups (broad SMARTS) is 2. The maximum Gasteiger partial charge on any atom is 0.303 e. The predicted octanol–water partition coefficient (Wildman–Crippen LogP) is 5.20. The minimum Gasteiger partial charge on any atom is -0.493 e. The van der Waals surface area contributed by atoms with Crippen molar-refractivity contribution in [1.29, 1.82) is 0 Å². The van der Waals surface area contributed by atoms with Gasteiger partial charge >= 0.3 is 11.9 Å². The smallest absolute Gasteiger partial charge is 0.303 e. The molecule has 1 fully saturated rings. The number of benzene rings is 3. The molecule has 1 aliphatic heterocycles. The lowest BCUT2D eigenvalue weighted by atomic mass is 9.92. The van der Waals surface area contributed by atoms with Gasteiger partial charge in [-0.3, -0.25) is 14.4 Å². The van der Waals surface area contributed by atoms with Crippen LogP contribution in [0, 0.1) is 0 Å². The first-order valence-electron chi connectivity index (χ1n) is 14.0. The lowest BCUT2D eigenvalue weighted by molar-refractivity contribution is -0.138. The van der Waals surface area contributed by atoms with Crippen LogP contribution < -0.4 is 24.3 Å². The minimum atomic E-state index is -0.943. The van der Waals surface area contributed by atoms with Gasteiger partial charge in [0.05, 0.1) is 6.61 Å². The van der Waals surface area contributed by atoms with Crippen LogP contribution >= 0.6 is 0 Å². The number of amides is 1. The van der Waals surface area contributed by atoms with Crippen molar-refractivity contribution in [1.82, 2.24) is 5.32 Å². The summed E-state index contributed by atoms with van der Waals surface area (Å²) in [6, 6.07) is 16.5. The Balaban J connectivity index is 1.40. The molecule has 0 bridgehead atoms. The number of rotatable bonds is 14. The number of aliphatic carboxylic acids is 2. The van der Waals surface area contributed by atoms with Crippen molar-refractivity contribution in [2.75, 3.05) is 13.4 Å². The third-order valence-electron chi connectivity index (χ3n) is 7.32. The van der Waals surface area contributed by atoms with Gasteiger partial charge in [0.15, 0.2) is 11.5 Å². The van der Waals surface area contributed by atoms with Gasteiger partial charge in [0.25, 0.3) is 5.91 Å². The van der Waals surface area contributed by atoms with Gasteiger partial charge in [0.1, 0.15) is 18.1 Å². The van der Waals surface area contributed by atoms with Crippen LogP contribution in [0.3, 0.4) is 0 Å². The average molecular weight is 576 g/mol. The maximum absolute atomic E-state index is 13.1. The topological polar surface area (TPSA) is 141 Å². The summed E-state index contributed by atoms with van der Waals surface area (Å²) < 4.78 is 23.1. The molecule has 1 heterocycles. The Bertz CT molecular complexity index is 1460. The molecule has 42 heavy (non-hydrogen) atoms. The van der Waals surface area contributed by atoms with E-state index in [-0.39, 0.29) is 51.2 Å². The van der Waals surface area contributed by atoms with E-state index in [4.69, 9.17) is 24.1 Å². The highest BCUT2D eigenvalue weighted by Gasteiger charge is 2.22. The molecule has 10 heteroatoms. The molecule has 0 spiro atoms. The highest BCUT2D eigenvalue weighted by molar-refractivity contribution is 5.96. The van der Waals surface area contributed by atoms with Gasteiger partial charge < -0.3 is 34.5 Å². The quantitative estimate of drug-likeness (QED) is 0.221. The molecule has 1 aliphatic carbocycles. The number of carboxylic acids is 2. The zero-order chi connectivity index (χ0) is 29.5. The van der Waals surface area contributed by atoms with Gasteiger partial charge in [-0.25, -0.2) is 0 Å². The lowest BCUT2D eigenvalue weighted by Crippen LogP contribution is -2.39. The molecule has 0 aromatic heterocycles. The largest absolute Gasteiger partial charge is 0.493 e. The lowest BCUT2D eigenvalue weighted by Gasteiger charge is -2.26. The first-order chi connectivity index (χ1) is 20.4. The molecule has 3 aromatic rings. The van der Waals surface area contributed by atoms with Crippen molar-refractivity contribution in [3.63, 3.8) is 0 Å². The fourth-order valence-electron chi connectivity index (χ4n) is 4.84. The fourth-order valence-corrected chi connectivity index (χ4v) is 4.84. The standard InChI is InChI=1S/C32H33NO9/c34-30(35)8-3-13-39-27-7-1-4-21(26(27)10-12-31(36)37)18-40-25-15-22(20-9-11-28-29(17-20)42-19-41-28)14-23(16-25)32(38)33-24-5-2-6-24/h1,4,7,9,11,14-17,24H,2-3,5-6,8,10,12-13,18-19H2,(H,33,38)(H,34,35)(H,36,37). The molecule has 0 saturated heterocycles. The van der Waals surface area contributed by atoms with Crippen LogP contribution in [-0.4, -0.2) is 47.5 Å². The Labute approximate surface area is 243 Å². The van der Waals surface area contributed by atoms with Crippen molar-refractivity contribution in [2.45, 2.75) is 57.6 Å². The van der Waals surface area contributed by atoms with Gasteiger partial charge in [-0.2, -0.15) is 0 Å². The van der Waals surface area contributed by atoms with Crippen molar-refractivity contribution in [3.8, 4) is 34.1 Å². The molecule has 0 radical (unpaired) electrons. The van der Waals surface area contributed by atoms with Crippen LogP contribution in [-0.2, 0) is 22.6 Å². The average Bonchev–Trinajstić information content (AvgIpc) is 3.43. The molecule has 3 N–H and O–H groups in total. The van der Waals surface area contributed by atoms with E-state index in [0.29, 0.717) is 40.5 Å². The Morgan fingerprint density at radius 1 is 0.881 bits per heavy atom. The first-order valence-corrected chi connectivity index (χ1v) is 14.0. The van der Waals surface area contributed by atoms with Crippen LogP contribution in [0.1, 0.15) is 60.0 Å². The van der Waals surface area contributed by atoms with Crippen LogP contribution in [0.4, 0.5) is 0 Å². The molecular formula is C32H33NO9. The normalized spacial score (nSPS) is 13.7. The van der Waals surface area contributed by atoms with E-state index in [0.717, 1.165) is 36.0 Å². The molecule has 2 aliphatic rings. The Kier molecular flexibility index (Phi) is 9.11. The second-order valence-corrected chi connectivity index (χ2v) is 10.3. The summed E-state index contributed by atoms with van der Waals surface area (Å²) in [6.07, 6.45) is 3.44. The molecule has 3 aromatic carbocycles. The molecule has 0 unspecified atom stereocenters. The summed E-state index contributed by atoms with van der Waals surface area (Å²) in [5.41, 5.74) is 3.49. The third kappa shape index (κ3) is 7.31. The van der Waals surface area contributed by atoms with Crippen molar-refractivity contribution in [2.24, 2.45) is 0 Å². The zero-order valence-corrected chi connectivity index (χ0v) is 23.1. The van der Waals surface area contributed by atoms with E-state index in [2.05, 4.69) is 5.32 Å². The van der Waals surface area contributed by atoms with Crippen molar-refractivity contribution < 1.29 is 43.5 Å². The van der Waals surface area contributed by atoms with Crippen LogP contribution in [0.15, 0.2) is 54.6 Å². The number of carbonyl (C=O) groups excluding carboxylic acids is 1. The Morgan fingerprint density at radius 3 is 2.45 bits per heavy atom. The highest BCUT2D eigenvalue weighted by atomic mass is 16.7. The molecule has 220 valence electrons. The Hall–Kier alpha value is -4.73. The highest BCUT2D eigenvalue weighted by Crippen LogP contribution is 2.37. The van der Waals surface area contributed by atoms with E-state index in [1.807, 2.05) is 36.4 Å². The molecule has 5 rings (SSSR count). The molecule has 0 atom stereocenters. The van der Waals surface area contributed by atoms with E-state index in [1.54, 1.807) is 18.2 Å². The maximum atomic E-state index is 13.1. The van der Waals surface area contributed by atoms with Crippen LogP contribution in [0.5, 0.6) is 23.0 Å². The third-order valence-corrected chi connectivity index (χ3v) is 7.32. The summed E-state index contributed by atoms with van der Waals surface area (Å²) in [5.74, 6) is 0.233. The van der Waals surface area contributed by atoms with Crippen molar-refractivity contribution in [3.05, 3.63) is 71.3 Å². The number of nitrogens with one attached hydrogen (secondary N) is 1. The van der Waals surface area contributed by atoms with E-state index in [9.17, 15) is 19.5 Å². The van der Waals surface area contributed by atoms with Gasteiger partial charge in [-0.05, 0) is 85.2 Å². The first kappa shape index (κ1) is 28.8. The number of carbonyl (C=O) groups is 3. The number of ether oxygens (including phenoxy) is 4. The zero-order valence-electron chi connectivity index (χ0n) is 23.1. The summed E-state index contributed by atoms with van der Waals surface area (Å²) >= 11 is 0. The number of hydrogen-bond acceptors (Lipinski definition) is 7. The van der Waals surface area contributed by atoms with Gasteiger partial charge in [0.2, 0.25) is 6.79 Å². The fraction of sp³-hybridized carbons (Fsp3) is 0.344. The summed E-state index contributed by atoms with van der Waals surface area (Å²) in [7, 11) is 0. The Morgan fingerprint density at radius 2 is 1.69 bits per heavy atom.